The highest BCUT2D eigenvalue weighted by Crippen LogP contribution is 2.25. The molecule has 2 aromatic rings. The van der Waals surface area contributed by atoms with Gasteiger partial charge in [0.05, 0.1) is 5.92 Å². The number of carboxylic acids is 1. The van der Waals surface area contributed by atoms with Gasteiger partial charge in [0.2, 0.25) is 0 Å². The van der Waals surface area contributed by atoms with Gasteiger partial charge in [-0.1, -0.05) is 44.2 Å². The van der Waals surface area contributed by atoms with Crippen LogP contribution >= 0.6 is 0 Å². The van der Waals surface area contributed by atoms with Crippen molar-refractivity contribution in [3.63, 3.8) is 0 Å². The molecule has 0 fully saturated rings. The Hall–Kier alpha value is -2.62. The molecule has 1 N–H and O–H groups in total. The van der Waals surface area contributed by atoms with E-state index in [9.17, 15) is 9.59 Å². The van der Waals surface area contributed by atoms with Gasteiger partial charge in [-0.3, -0.25) is 9.59 Å². The average molecular weight is 339 g/mol. The average Bonchev–Trinajstić information content (AvgIpc) is 2.60. The summed E-state index contributed by atoms with van der Waals surface area (Å²) >= 11 is 0. The standard InChI is InChI=1S/C21H25NO3/c1-14(2)19-7-5-6-17(20(19)13-23)12-22(4)18-10-8-16(9-11-18)15(3)21(24)25/h5-11,13-15H,12H2,1-4H3,(H,24,25). The first kappa shape index (κ1) is 18.7. The molecule has 0 radical (unpaired) electrons. The van der Waals surface area contributed by atoms with Crippen LogP contribution in [0.5, 0.6) is 0 Å². The molecule has 0 aliphatic rings. The van der Waals surface area contributed by atoms with Gasteiger partial charge in [0.15, 0.2) is 6.29 Å². The quantitative estimate of drug-likeness (QED) is 0.757. The molecule has 0 heterocycles. The molecule has 0 aromatic heterocycles. The van der Waals surface area contributed by atoms with Crippen molar-refractivity contribution >= 4 is 17.9 Å². The Morgan fingerprint density at radius 1 is 1.12 bits per heavy atom. The summed E-state index contributed by atoms with van der Waals surface area (Å²) in [5.41, 5.74) is 4.58. The minimum absolute atomic E-state index is 0.294. The summed E-state index contributed by atoms with van der Waals surface area (Å²) in [7, 11) is 1.96. The Kier molecular flexibility index (Phi) is 5.97. The van der Waals surface area contributed by atoms with Gasteiger partial charge in [0.1, 0.15) is 0 Å². The van der Waals surface area contributed by atoms with Crippen molar-refractivity contribution in [2.45, 2.75) is 39.2 Å². The maximum atomic E-state index is 11.6. The predicted octanol–water partition coefficient (Wildman–Crippen LogP) is 4.45. The first-order valence-electron chi connectivity index (χ1n) is 8.46. The summed E-state index contributed by atoms with van der Waals surface area (Å²) in [4.78, 5) is 24.7. The number of aliphatic carboxylic acids is 1. The molecule has 2 rings (SSSR count). The van der Waals surface area contributed by atoms with Crippen molar-refractivity contribution in [2.75, 3.05) is 11.9 Å². The molecule has 0 aliphatic carbocycles. The van der Waals surface area contributed by atoms with E-state index in [1.807, 2.05) is 49.5 Å². The zero-order valence-corrected chi connectivity index (χ0v) is 15.2. The molecule has 0 aliphatic heterocycles. The third-order valence-electron chi connectivity index (χ3n) is 4.58. The van der Waals surface area contributed by atoms with Gasteiger partial charge >= 0.3 is 5.97 Å². The highest BCUT2D eigenvalue weighted by Gasteiger charge is 2.15. The molecule has 1 unspecified atom stereocenters. The van der Waals surface area contributed by atoms with E-state index in [0.29, 0.717) is 12.5 Å². The fraction of sp³-hybridized carbons (Fsp3) is 0.333. The summed E-state index contributed by atoms with van der Waals surface area (Å²) in [5, 5.41) is 9.09. The summed E-state index contributed by atoms with van der Waals surface area (Å²) in [6, 6.07) is 13.5. The Labute approximate surface area is 149 Å². The van der Waals surface area contributed by atoms with E-state index in [1.54, 1.807) is 6.92 Å². The fourth-order valence-corrected chi connectivity index (χ4v) is 2.92. The van der Waals surface area contributed by atoms with Crippen molar-refractivity contribution in [1.82, 2.24) is 0 Å². The number of carbonyl (C=O) groups excluding carboxylic acids is 1. The van der Waals surface area contributed by atoms with Gasteiger partial charge in [-0.2, -0.15) is 0 Å². The molecule has 0 saturated heterocycles. The molecule has 1 atom stereocenters. The van der Waals surface area contributed by atoms with Gasteiger partial charge < -0.3 is 10.0 Å². The van der Waals surface area contributed by atoms with Crippen LogP contribution in [0.2, 0.25) is 0 Å². The fourth-order valence-electron chi connectivity index (χ4n) is 2.92. The summed E-state index contributed by atoms with van der Waals surface area (Å²) in [6.45, 7) is 6.45. The minimum Gasteiger partial charge on any atom is -0.481 e. The lowest BCUT2D eigenvalue weighted by Crippen LogP contribution is -2.18. The summed E-state index contributed by atoms with van der Waals surface area (Å²) < 4.78 is 0. The highest BCUT2D eigenvalue weighted by molar-refractivity contribution is 5.80. The number of benzene rings is 2. The van der Waals surface area contributed by atoms with Gasteiger partial charge in [0, 0.05) is 24.8 Å². The number of hydrogen-bond acceptors (Lipinski definition) is 3. The first-order chi connectivity index (χ1) is 11.8. The minimum atomic E-state index is -0.831. The highest BCUT2D eigenvalue weighted by atomic mass is 16.4. The van der Waals surface area contributed by atoms with E-state index >= 15 is 0 Å². The van der Waals surface area contributed by atoms with Crippen LogP contribution < -0.4 is 4.90 Å². The third kappa shape index (κ3) is 4.27. The monoisotopic (exact) mass is 339 g/mol. The third-order valence-corrected chi connectivity index (χ3v) is 4.58. The van der Waals surface area contributed by atoms with Crippen LogP contribution in [0.1, 0.15) is 59.7 Å². The molecule has 0 amide bonds. The molecular formula is C21H25NO3. The number of anilines is 1. The van der Waals surface area contributed by atoms with Crippen LogP contribution in [-0.4, -0.2) is 24.4 Å². The molecule has 4 heteroatoms. The van der Waals surface area contributed by atoms with Crippen molar-refractivity contribution < 1.29 is 14.7 Å². The van der Waals surface area contributed by atoms with Gasteiger partial charge in [0.25, 0.3) is 0 Å². The van der Waals surface area contributed by atoms with E-state index in [0.717, 1.165) is 34.2 Å². The van der Waals surface area contributed by atoms with Gasteiger partial charge in [-0.05, 0) is 41.7 Å². The number of carbonyl (C=O) groups is 2. The molecule has 25 heavy (non-hydrogen) atoms. The zero-order valence-electron chi connectivity index (χ0n) is 15.2. The van der Waals surface area contributed by atoms with Crippen molar-refractivity contribution in [2.24, 2.45) is 0 Å². The Morgan fingerprint density at radius 3 is 2.28 bits per heavy atom. The number of aldehydes is 1. The van der Waals surface area contributed by atoms with Gasteiger partial charge in [-0.25, -0.2) is 0 Å². The van der Waals surface area contributed by atoms with Crippen molar-refractivity contribution in [3.05, 3.63) is 64.7 Å². The molecule has 132 valence electrons. The lowest BCUT2D eigenvalue weighted by atomic mass is 9.94. The first-order valence-corrected chi connectivity index (χ1v) is 8.46. The van der Waals surface area contributed by atoms with Crippen molar-refractivity contribution in [3.8, 4) is 0 Å². The van der Waals surface area contributed by atoms with Crippen molar-refractivity contribution in [1.29, 1.82) is 0 Å². The Balaban J connectivity index is 2.23. The molecule has 4 nitrogen and oxygen atoms in total. The molecular weight excluding hydrogens is 314 g/mol. The van der Waals surface area contributed by atoms with Crippen LogP contribution in [0.3, 0.4) is 0 Å². The second-order valence-electron chi connectivity index (χ2n) is 6.70. The molecule has 0 saturated carbocycles. The van der Waals surface area contributed by atoms with Crippen LogP contribution in [0, 0.1) is 0 Å². The smallest absolute Gasteiger partial charge is 0.310 e. The lowest BCUT2D eigenvalue weighted by Gasteiger charge is -2.22. The predicted molar refractivity (Wildman–Crippen MR) is 101 cm³/mol. The molecule has 2 aromatic carbocycles. The second kappa shape index (κ2) is 7.97. The number of hydrogen-bond donors (Lipinski definition) is 1. The van der Waals surface area contributed by atoms with E-state index in [-0.39, 0.29) is 0 Å². The Bertz CT molecular complexity index is 750. The SMILES string of the molecule is CC(C)c1cccc(CN(C)c2ccc(C(C)C(=O)O)cc2)c1C=O. The van der Waals surface area contributed by atoms with Crippen LogP contribution in [-0.2, 0) is 11.3 Å². The largest absolute Gasteiger partial charge is 0.481 e. The van der Waals surface area contributed by atoms with Crippen LogP contribution in [0.25, 0.3) is 0 Å². The van der Waals surface area contributed by atoms with Crippen LogP contribution in [0.15, 0.2) is 42.5 Å². The summed E-state index contributed by atoms with van der Waals surface area (Å²) in [5.74, 6) is -1.06. The van der Waals surface area contributed by atoms with E-state index in [2.05, 4.69) is 18.7 Å². The number of nitrogens with zero attached hydrogens (tertiary/aromatic N) is 1. The zero-order chi connectivity index (χ0) is 18.6. The van der Waals surface area contributed by atoms with E-state index < -0.39 is 11.9 Å². The maximum Gasteiger partial charge on any atom is 0.310 e. The van der Waals surface area contributed by atoms with Gasteiger partial charge in [-0.15, -0.1) is 0 Å². The second-order valence-corrected chi connectivity index (χ2v) is 6.70. The molecule has 0 bridgehead atoms. The Morgan fingerprint density at radius 2 is 1.76 bits per heavy atom. The van der Waals surface area contributed by atoms with E-state index in [4.69, 9.17) is 5.11 Å². The normalized spacial score (nSPS) is 12.0. The maximum absolute atomic E-state index is 11.6. The summed E-state index contributed by atoms with van der Waals surface area (Å²) in [6.07, 6.45) is 0.941. The number of rotatable bonds is 7. The number of carboxylic acid groups (broad SMARTS) is 1. The topological polar surface area (TPSA) is 57.6 Å². The lowest BCUT2D eigenvalue weighted by molar-refractivity contribution is -0.138. The molecule has 0 spiro atoms. The van der Waals surface area contributed by atoms with E-state index in [1.165, 1.54) is 0 Å². The van der Waals surface area contributed by atoms with Crippen LogP contribution in [0.4, 0.5) is 5.69 Å².